The minimum absolute atomic E-state index is 0.119. The van der Waals surface area contributed by atoms with Crippen LogP contribution in [-0.2, 0) is 14.8 Å². The molecule has 2 aromatic carbocycles. The zero-order valence-corrected chi connectivity index (χ0v) is 13.7. The van der Waals surface area contributed by atoms with Crippen molar-refractivity contribution in [1.29, 1.82) is 0 Å². The van der Waals surface area contributed by atoms with Gasteiger partial charge in [-0.2, -0.15) is 0 Å². The summed E-state index contributed by atoms with van der Waals surface area (Å²) in [4.78, 5) is 11.9. The predicted molar refractivity (Wildman–Crippen MR) is 88.2 cm³/mol. The summed E-state index contributed by atoms with van der Waals surface area (Å²) >= 11 is 0. The molecule has 0 saturated carbocycles. The molecule has 2 aromatic rings. The van der Waals surface area contributed by atoms with E-state index >= 15 is 0 Å². The van der Waals surface area contributed by atoms with E-state index in [1.54, 1.807) is 0 Å². The Morgan fingerprint density at radius 3 is 2.33 bits per heavy atom. The molecule has 0 fully saturated rings. The van der Waals surface area contributed by atoms with Crippen molar-refractivity contribution in [3.8, 4) is 0 Å². The first-order valence-corrected chi connectivity index (χ1v) is 8.89. The van der Waals surface area contributed by atoms with E-state index in [9.17, 15) is 22.0 Å². The number of nitrogens with one attached hydrogen (secondary N) is 1. The molecule has 0 spiro atoms. The average molecular weight is 354 g/mol. The average Bonchev–Trinajstić information content (AvgIpc) is 2.48. The number of benzene rings is 2. The highest BCUT2D eigenvalue weighted by Crippen LogP contribution is 2.18. The fourth-order valence-electron chi connectivity index (χ4n) is 2.09. The van der Waals surface area contributed by atoms with Crippen molar-refractivity contribution < 1.29 is 22.0 Å². The number of hydrogen-bond donors (Lipinski definition) is 1. The van der Waals surface area contributed by atoms with Gasteiger partial charge in [0.15, 0.2) is 0 Å². The van der Waals surface area contributed by atoms with Gasteiger partial charge >= 0.3 is 0 Å². The van der Waals surface area contributed by atoms with Gasteiger partial charge in [-0.25, -0.2) is 17.2 Å². The molecule has 8 heteroatoms. The Bertz CT molecular complexity index is 823. The van der Waals surface area contributed by atoms with Crippen molar-refractivity contribution >= 4 is 27.3 Å². The van der Waals surface area contributed by atoms with Crippen LogP contribution in [0.4, 0.5) is 20.2 Å². The molecule has 0 aliphatic rings. The summed E-state index contributed by atoms with van der Waals surface area (Å²) in [6.07, 6.45) is 0.863. The maximum Gasteiger partial charge on any atom is 0.232 e. The van der Waals surface area contributed by atoms with Crippen LogP contribution in [0.2, 0.25) is 0 Å². The molecule has 0 aliphatic heterocycles. The molecule has 128 valence electrons. The lowest BCUT2D eigenvalue weighted by atomic mass is 10.3. The molecule has 0 radical (unpaired) electrons. The maximum atomic E-state index is 13.1. The van der Waals surface area contributed by atoms with E-state index in [1.165, 1.54) is 30.3 Å². The third-order valence-electron chi connectivity index (χ3n) is 3.17. The number of anilines is 2. The van der Waals surface area contributed by atoms with E-state index in [1.807, 2.05) is 0 Å². The smallest absolute Gasteiger partial charge is 0.232 e. The van der Waals surface area contributed by atoms with Crippen LogP contribution in [-0.4, -0.2) is 27.1 Å². The van der Waals surface area contributed by atoms with E-state index in [4.69, 9.17) is 0 Å². The van der Waals surface area contributed by atoms with Crippen LogP contribution in [0.15, 0.2) is 48.5 Å². The van der Waals surface area contributed by atoms with Crippen molar-refractivity contribution in [1.82, 2.24) is 0 Å². The van der Waals surface area contributed by atoms with Gasteiger partial charge < -0.3 is 5.32 Å². The van der Waals surface area contributed by atoms with Gasteiger partial charge in [0.25, 0.3) is 0 Å². The SMILES string of the molecule is CS(=O)(=O)N(CCC(=O)Nc1cccc(F)c1)c1ccc(F)cc1. The lowest BCUT2D eigenvalue weighted by Crippen LogP contribution is -2.33. The molecule has 0 aliphatic carbocycles. The van der Waals surface area contributed by atoms with Gasteiger partial charge in [0.1, 0.15) is 11.6 Å². The van der Waals surface area contributed by atoms with Crippen LogP contribution in [0, 0.1) is 11.6 Å². The normalized spacial score (nSPS) is 11.1. The largest absolute Gasteiger partial charge is 0.326 e. The van der Waals surface area contributed by atoms with Crippen molar-refractivity contribution in [3.63, 3.8) is 0 Å². The maximum absolute atomic E-state index is 13.1. The topological polar surface area (TPSA) is 66.5 Å². The Morgan fingerprint density at radius 1 is 1.08 bits per heavy atom. The molecular formula is C16H16F2N2O3S. The van der Waals surface area contributed by atoms with Crippen LogP contribution < -0.4 is 9.62 Å². The highest BCUT2D eigenvalue weighted by molar-refractivity contribution is 7.92. The Morgan fingerprint density at radius 2 is 1.75 bits per heavy atom. The highest BCUT2D eigenvalue weighted by Gasteiger charge is 2.18. The Kier molecular flexibility index (Phi) is 5.50. The first-order chi connectivity index (χ1) is 11.3. The summed E-state index contributed by atoms with van der Waals surface area (Å²) in [6.45, 7) is -0.119. The van der Waals surface area contributed by atoms with Crippen LogP contribution >= 0.6 is 0 Å². The second-order valence-corrected chi connectivity index (χ2v) is 7.03. The van der Waals surface area contributed by atoms with E-state index < -0.39 is 27.6 Å². The van der Waals surface area contributed by atoms with Crippen LogP contribution in [0.3, 0.4) is 0 Å². The molecule has 0 heterocycles. The number of carbonyl (C=O) groups excluding carboxylic acids is 1. The third-order valence-corrected chi connectivity index (χ3v) is 4.36. The first-order valence-electron chi connectivity index (χ1n) is 7.04. The lowest BCUT2D eigenvalue weighted by molar-refractivity contribution is -0.116. The Labute approximate surface area is 139 Å². The van der Waals surface area contributed by atoms with Crippen molar-refractivity contribution in [2.45, 2.75) is 6.42 Å². The van der Waals surface area contributed by atoms with E-state index in [0.717, 1.165) is 28.8 Å². The number of amides is 1. The van der Waals surface area contributed by atoms with E-state index in [2.05, 4.69) is 5.32 Å². The van der Waals surface area contributed by atoms with Gasteiger partial charge in [-0.3, -0.25) is 9.10 Å². The third kappa shape index (κ3) is 5.02. The summed E-state index contributed by atoms with van der Waals surface area (Å²) in [7, 11) is -3.64. The first kappa shape index (κ1) is 17.9. The van der Waals surface area contributed by atoms with Gasteiger partial charge in [-0.05, 0) is 42.5 Å². The molecule has 1 amide bonds. The molecular weight excluding hydrogens is 338 g/mol. The Hall–Kier alpha value is -2.48. The molecule has 0 bridgehead atoms. The molecule has 0 atom stereocenters. The summed E-state index contributed by atoms with van der Waals surface area (Å²) in [5.74, 6) is -1.44. The number of sulfonamides is 1. The molecule has 0 saturated heterocycles. The van der Waals surface area contributed by atoms with E-state index in [0.29, 0.717) is 0 Å². The van der Waals surface area contributed by atoms with Crippen molar-refractivity contribution in [2.75, 3.05) is 22.4 Å². The summed E-state index contributed by atoms with van der Waals surface area (Å²) in [6, 6.07) is 10.3. The fraction of sp³-hybridized carbons (Fsp3) is 0.188. The molecule has 5 nitrogen and oxygen atoms in total. The standard InChI is InChI=1S/C16H16F2N2O3S/c1-24(22,23)20(15-7-5-12(17)6-8-15)10-9-16(21)19-14-4-2-3-13(18)11-14/h2-8,11H,9-10H2,1H3,(H,19,21). The lowest BCUT2D eigenvalue weighted by Gasteiger charge is -2.22. The zero-order valence-electron chi connectivity index (χ0n) is 12.9. The number of rotatable bonds is 6. The van der Waals surface area contributed by atoms with Crippen LogP contribution in [0.25, 0.3) is 0 Å². The monoisotopic (exact) mass is 354 g/mol. The van der Waals surface area contributed by atoms with Crippen molar-refractivity contribution in [2.24, 2.45) is 0 Å². The molecule has 2 rings (SSSR count). The molecule has 1 N–H and O–H groups in total. The second kappa shape index (κ2) is 7.39. The van der Waals surface area contributed by atoms with E-state index in [-0.39, 0.29) is 24.3 Å². The van der Waals surface area contributed by atoms with Crippen molar-refractivity contribution in [3.05, 3.63) is 60.2 Å². The fourth-order valence-corrected chi connectivity index (χ4v) is 3.01. The number of carbonyl (C=O) groups is 1. The number of hydrogen-bond acceptors (Lipinski definition) is 3. The van der Waals surface area contributed by atoms with Gasteiger partial charge in [-0.15, -0.1) is 0 Å². The summed E-state index contributed by atoms with van der Waals surface area (Å²) < 4.78 is 50.8. The minimum atomic E-state index is -3.64. The summed E-state index contributed by atoms with van der Waals surface area (Å²) in [5.41, 5.74) is 0.546. The minimum Gasteiger partial charge on any atom is -0.326 e. The molecule has 24 heavy (non-hydrogen) atoms. The van der Waals surface area contributed by atoms with Gasteiger partial charge in [0.2, 0.25) is 15.9 Å². The van der Waals surface area contributed by atoms with Gasteiger partial charge in [-0.1, -0.05) is 6.07 Å². The zero-order chi connectivity index (χ0) is 17.7. The molecule has 0 unspecified atom stereocenters. The number of nitrogens with zero attached hydrogens (tertiary/aromatic N) is 1. The summed E-state index contributed by atoms with van der Waals surface area (Å²) in [5, 5.41) is 2.49. The van der Waals surface area contributed by atoms with Crippen LogP contribution in [0.1, 0.15) is 6.42 Å². The van der Waals surface area contributed by atoms with Gasteiger partial charge in [0, 0.05) is 18.7 Å². The Balaban J connectivity index is 2.05. The second-order valence-electron chi connectivity index (χ2n) is 5.12. The predicted octanol–water partition coefficient (Wildman–Crippen LogP) is 2.76. The molecule has 0 aromatic heterocycles. The highest BCUT2D eigenvalue weighted by atomic mass is 32.2. The quantitative estimate of drug-likeness (QED) is 0.867. The number of halogens is 2. The van der Waals surface area contributed by atoms with Gasteiger partial charge in [0.05, 0.1) is 11.9 Å². The van der Waals surface area contributed by atoms with Crippen LogP contribution in [0.5, 0.6) is 0 Å².